The third kappa shape index (κ3) is 5.93. The maximum absolute atomic E-state index is 12.2. The number of rotatable bonds is 7. The lowest BCUT2D eigenvalue weighted by Gasteiger charge is -2.31. The number of amides is 1. The van der Waals surface area contributed by atoms with Gasteiger partial charge < -0.3 is 4.90 Å². The molecule has 4 heteroatoms. The monoisotopic (exact) mass is 410 g/mol. The largest absolute Gasteiger partial charge is 0.343 e. The standard InChI is InChI=1S/C25H34N2OS/c1-20-4-10-24(29-20)19-26-16-12-23(13-17-26)18-22-7-5-21(6-8-22)9-11-25(28)27-14-2-3-15-27/h4-8,10,23H,2-3,9,11-19H2,1H3. The summed E-state index contributed by atoms with van der Waals surface area (Å²) in [6, 6.07) is 13.6. The van der Waals surface area contributed by atoms with Gasteiger partial charge >= 0.3 is 0 Å². The fourth-order valence-electron chi connectivity index (χ4n) is 4.69. The van der Waals surface area contributed by atoms with Crippen LogP contribution in [0.2, 0.25) is 0 Å². The summed E-state index contributed by atoms with van der Waals surface area (Å²) in [4.78, 5) is 19.8. The third-order valence-electron chi connectivity index (χ3n) is 6.52. The number of nitrogens with zero attached hydrogens (tertiary/aromatic N) is 2. The van der Waals surface area contributed by atoms with Crippen molar-refractivity contribution >= 4 is 17.2 Å². The molecule has 4 rings (SSSR count). The molecule has 2 saturated heterocycles. The zero-order chi connectivity index (χ0) is 20.1. The molecular formula is C25H34N2OS. The lowest BCUT2D eigenvalue weighted by atomic mass is 9.89. The minimum atomic E-state index is 0.330. The highest BCUT2D eigenvalue weighted by Gasteiger charge is 2.20. The van der Waals surface area contributed by atoms with E-state index in [0.717, 1.165) is 32.0 Å². The van der Waals surface area contributed by atoms with Crippen molar-refractivity contribution in [2.75, 3.05) is 26.2 Å². The Kier molecular flexibility index (Phi) is 7.04. The van der Waals surface area contributed by atoms with Crippen LogP contribution < -0.4 is 0 Å². The van der Waals surface area contributed by atoms with E-state index in [0.29, 0.717) is 12.3 Å². The molecule has 1 amide bonds. The average Bonchev–Trinajstić information content (AvgIpc) is 3.41. The first-order chi connectivity index (χ1) is 14.2. The number of thiophene rings is 1. The molecule has 156 valence electrons. The van der Waals surface area contributed by atoms with Gasteiger partial charge in [-0.2, -0.15) is 0 Å². The van der Waals surface area contributed by atoms with E-state index in [9.17, 15) is 4.79 Å². The molecule has 2 aliphatic rings. The van der Waals surface area contributed by atoms with E-state index in [1.165, 1.54) is 66.1 Å². The molecule has 0 bridgehead atoms. The van der Waals surface area contributed by atoms with E-state index in [2.05, 4.69) is 48.2 Å². The lowest BCUT2D eigenvalue weighted by molar-refractivity contribution is -0.130. The Morgan fingerprint density at radius 3 is 2.31 bits per heavy atom. The van der Waals surface area contributed by atoms with Crippen LogP contribution in [0.4, 0.5) is 0 Å². The molecule has 2 aliphatic heterocycles. The molecule has 0 saturated carbocycles. The number of aryl methyl sites for hydroxylation is 2. The molecule has 1 aromatic carbocycles. The molecule has 0 aliphatic carbocycles. The van der Waals surface area contributed by atoms with E-state index in [1.807, 2.05) is 16.2 Å². The maximum Gasteiger partial charge on any atom is 0.222 e. The lowest BCUT2D eigenvalue weighted by Crippen LogP contribution is -2.33. The van der Waals surface area contributed by atoms with Crippen LogP contribution in [0.5, 0.6) is 0 Å². The summed E-state index contributed by atoms with van der Waals surface area (Å²) in [5.41, 5.74) is 2.74. The number of hydrogen-bond acceptors (Lipinski definition) is 3. The number of hydrogen-bond donors (Lipinski definition) is 0. The van der Waals surface area contributed by atoms with Gasteiger partial charge in [-0.1, -0.05) is 24.3 Å². The van der Waals surface area contributed by atoms with Crippen molar-refractivity contribution in [1.29, 1.82) is 0 Å². The van der Waals surface area contributed by atoms with Crippen molar-refractivity contribution < 1.29 is 4.79 Å². The molecule has 0 spiro atoms. The molecule has 0 N–H and O–H groups in total. The number of carbonyl (C=O) groups excluding carboxylic acids is 1. The van der Waals surface area contributed by atoms with Gasteiger partial charge in [-0.05, 0) is 87.7 Å². The molecule has 0 unspecified atom stereocenters. The Morgan fingerprint density at radius 1 is 0.966 bits per heavy atom. The molecule has 29 heavy (non-hydrogen) atoms. The van der Waals surface area contributed by atoms with Gasteiger partial charge in [0.05, 0.1) is 0 Å². The Labute approximate surface area is 179 Å². The molecule has 3 nitrogen and oxygen atoms in total. The molecule has 1 aromatic heterocycles. The van der Waals surface area contributed by atoms with Crippen LogP contribution >= 0.6 is 11.3 Å². The van der Waals surface area contributed by atoms with Gasteiger partial charge in [0, 0.05) is 35.8 Å². The Balaban J connectivity index is 1.18. The predicted molar refractivity (Wildman–Crippen MR) is 121 cm³/mol. The summed E-state index contributed by atoms with van der Waals surface area (Å²) in [7, 11) is 0. The Morgan fingerprint density at radius 2 is 1.66 bits per heavy atom. The Bertz CT molecular complexity index is 783. The zero-order valence-electron chi connectivity index (χ0n) is 17.7. The van der Waals surface area contributed by atoms with Crippen molar-refractivity contribution in [2.45, 2.75) is 58.4 Å². The van der Waals surface area contributed by atoms with Gasteiger partial charge in [0.1, 0.15) is 0 Å². The quantitative estimate of drug-likeness (QED) is 0.636. The molecule has 0 radical (unpaired) electrons. The van der Waals surface area contributed by atoms with E-state index < -0.39 is 0 Å². The summed E-state index contributed by atoms with van der Waals surface area (Å²) in [5, 5.41) is 0. The molecular weight excluding hydrogens is 376 g/mol. The molecule has 2 aromatic rings. The van der Waals surface area contributed by atoms with E-state index in [-0.39, 0.29) is 0 Å². The van der Waals surface area contributed by atoms with Gasteiger partial charge in [0.15, 0.2) is 0 Å². The van der Waals surface area contributed by atoms with Crippen LogP contribution in [0.15, 0.2) is 36.4 Å². The van der Waals surface area contributed by atoms with Gasteiger partial charge in [-0.3, -0.25) is 9.69 Å². The van der Waals surface area contributed by atoms with Gasteiger partial charge in [0.2, 0.25) is 5.91 Å². The number of benzene rings is 1. The van der Waals surface area contributed by atoms with Gasteiger partial charge in [0.25, 0.3) is 0 Å². The Hall–Kier alpha value is -1.65. The molecule has 2 fully saturated rings. The molecule has 0 atom stereocenters. The second-order valence-electron chi connectivity index (χ2n) is 8.84. The maximum atomic E-state index is 12.2. The summed E-state index contributed by atoms with van der Waals surface area (Å²) in [6.07, 6.45) is 7.67. The van der Waals surface area contributed by atoms with Gasteiger partial charge in [-0.25, -0.2) is 0 Å². The molecule has 3 heterocycles. The first kappa shape index (κ1) is 20.6. The van der Waals surface area contributed by atoms with Crippen LogP contribution in [0.1, 0.15) is 53.0 Å². The number of carbonyl (C=O) groups is 1. The van der Waals surface area contributed by atoms with Crippen molar-refractivity contribution in [3.05, 3.63) is 57.3 Å². The first-order valence-electron chi connectivity index (χ1n) is 11.3. The summed E-state index contributed by atoms with van der Waals surface area (Å²) < 4.78 is 0. The fraction of sp³-hybridized carbons (Fsp3) is 0.560. The van der Waals surface area contributed by atoms with Crippen LogP contribution in [0.3, 0.4) is 0 Å². The second kappa shape index (κ2) is 9.90. The minimum absolute atomic E-state index is 0.330. The van der Waals surface area contributed by atoms with Crippen molar-refractivity contribution in [3.8, 4) is 0 Å². The van der Waals surface area contributed by atoms with E-state index in [4.69, 9.17) is 0 Å². The van der Waals surface area contributed by atoms with Crippen molar-refractivity contribution in [1.82, 2.24) is 9.80 Å². The minimum Gasteiger partial charge on any atom is -0.343 e. The number of likely N-dealkylation sites (tertiary alicyclic amines) is 2. The van der Waals surface area contributed by atoms with Crippen LogP contribution in [0.25, 0.3) is 0 Å². The highest BCUT2D eigenvalue weighted by Crippen LogP contribution is 2.25. The first-order valence-corrected chi connectivity index (χ1v) is 12.1. The average molecular weight is 411 g/mol. The van der Waals surface area contributed by atoms with E-state index in [1.54, 1.807) is 0 Å². The highest BCUT2D eigenvalue weighted by molar-refractivity contribution is 7.11. The predicted octanol–water partition coefficient (Wildman–Crippen LogP) is 5.07. The third-order valence-corrected chi connectivity index (χ3v) is 7.50. The van der Waals surface area contributed by atoms with Crippen LogP contribution in [0, 0.1) is 12.8 Å². The number of piperidine rings is 1. The second-order valence-corrected chi connectivity index (χ2v) is 10.2. The van der Waals surface area contributed by atoms with Gasteiger partial charge in [-0.15, -0.1) is 11.3 Å². The van der Waals surface area contributed by atoms with Crippen LogP contribution in [-0.2, 0) is 24.2 Å². The van der Waals surface area contributed by atoms with Crippen molar-refractivity contribution in [2.24, 2.45) is 5.92 Å². The summed E-state index contributed by atoms with van der Waals surface area (Å²) >= 11 is 1.93. The normalized spacial score (nSPS) is 18.4. The summed E-state index contributed by atoms with van der Waals surface area (Å²) in [5.74, 6) is 1.13. The fourth-order valence-corrected chi connectivity index (χ4v) is 5.62. The van der Waals surface area contributed by atoms with Crippen LogP contribution in [-0.4, -0.2) is 41.9 Å². The highest BCUT2D eigenvalue weighted by atomic mass is 32.1. The zero-order valence-corrected chi connectivity index (χ0v) is 18.6. The van der Waals surface area contributed by atoms with E-state index >= 15 is 0 Å². The topological polar surface area (TPSA) is 23.6 Å². The smallest absolute Gasteiger partial charge is 0.222 e. The SMILES string of the molecule is Cc1ccc(CN2CCC(Cc3ccc(CCC(=O)N4CCCC4)cc3)CC2)s1. The van der Waals surface area contributed by atoms with Crippen molar-refractivity contribution in [3.63, 3.8) is 0 Å². The summed E-state index contributed by atoms with van der Waals surface area (Å²) in [6.45, 7) is 7.68.